The number of hydrogen-bond donors (Lipinski definition) is 0. The normalized spacial score (nSPS) is 11.1. The molecule has 0 atom stereocenters. The summed E-state index contributed by atoms with van der Waals surface area (Å²) in [5, 5.41) is 9.52. The fourth-order valence-corrected chi connectivity index (χ4v) is 4.84. The lowest BCUT2D eigenvalue weighted by molar-refractivity contribution is 0.102. The molecule has 1 aromatic carbocycles. The molecule has 0 bridgehead atoms. The molecule has 4 aromatic rings. The minimum absolute atomic E-state index is 0.120. The zero-order chi connectivity index (χ0) is 20.2. The maximum absolute atomic E-state index is 12.6. The molecule has 0 saturated heterocycles. The summed E-state index contributed by atoms with van der Waals surface area (Å²) in [5.74, 6) is 2.00. The van der Waals surface area contributed by atoms with Crippen LogP contribution in [-0.2, 0) is 13.0 Å². The zero-order valence-corrected chi connectivity index (χ0v) is 17.9. The number of aryl methyl sites for hydroxylation is 2. The Hall–Kier alpha value is -2.64. The van der Waals surface area contributed by atoms with E-state index in [1.807, 2.05) is 43.3 Å². The number of nitrogens with zero attached hydrogens (tertiary/aromatic N) is 3. The third-order valence-corrected chi connectivity index (χ3v) is 6.85. The molecule has 7 heteroatoms. The molecular weight excluding hydrogens is 402 g/mol. The van der Waals surface area contributed by atoms with Crippen LogP contribution in [0.2, 0.25) is 0 Å². The van der Waals surface area contributed by atoms with Crippen LogP contribution in [0.1, 0.15) is 32.8 Å². The van der Waals surface area contributed by atoms with Gasteiger partial charge in [0.25, 0.3) is 0 Å². The molecule has 4 rings (SSSR count). The van der Waals surface area contributed by atoms with Crippen molar-refractivity contribution >= 4 is 28.9 Å². The number of thiophene rings is 1. The molecule has 0 spiro atoms. The predicted octanol–water partition coefficient (Wildman–Crippen LogP) is 5.49. The number of furan rings is 1. The molecule has 0 unspecified atom stereocenters. The van der Waals surface area contributed by atoms with Gasteiger partial charge in [-0.1, -0.05) is 49.0 Å². The maximum atomic E-state index is 12.6. The van der Waals surface area contributed by atoms with E-state index in [2.05, 4.69) is 33.8 Å². The Balaban J connectivity index is 1.59. The number of aromatic nitrogens is 3. The van der Waals surface area contributed by atoms with Crippen LogP contribution in [0.3, 0.4) is 0 Å². The summed E-state index contributed by atoms with van der Waals surface area (Å²) in [4.78, 5) is 14.6. The van der Waals surface area contributed by atoms with Gasteiger partial charge in [0.1, 0.15) is 5.76 Å². The molecule has 0 aliphatic carbocycles. The molecule has 0 saturated carbocycles. The van der Waals surface area contributed by atoms with Crippen molar-refractivity contribution in [3.8, 4) is 11.4 Å². The number of ketones is 1. The summed E-state index contributed by atoms with van der Waals surface area (Å²) in [5.41, 5.74) is 2.06. The monoisotopic (exact) mass is 423 g/mol. The van der Waals surface area contributed by atoms with Gasteiger partial charge in [-0.05, 0) is 37.1 Å². The summed E-state index contributed by atoms with van der Waals surface area (Å²) in [6.07, 6.45) is 2.61. The van der Waals surface area contributed by atoms with Crippen molar-refractivity contribution in [2.24, 2.45) is 0 Å². The van der Waals surface area contributed by atoms with E-state index in [0.29, 0.717) is 12.3 Å². The van der Waals surface area contributed by atoms with Crippen LogP contribution in [0.5, 0.6) is 0 Å². The second-order valence-electron chi connectivity index (χ2n) is 6.60. The fourth-order valence-electron chi connectivity index (χ4n) is 3.04. The molecule has 3 heterocycles. The second kappa shape index (κ2) is 8.80. The Morgan fingerprint density at radius 3 is 2.66 bits per heavy atom. The van der Waals surface area contributed by atoms with E-state index < -0.39 is 0 Å². The van der Waals surface area contributed by atoms with Gasteiger partial charge in [-0.15, -0.1) is 21.5 Å². The minimum atomic E-state index is 0.120. The Kier molecular flexibility index (Phi) is 5.97. The number of hydrogen-bond acceptors (Lipinski definition) is 6. The van der Waals surface area contributed by atoms with Gasteiger partial charge >= 0.3 is 0 Å². The van der Waals surface area contributed by atoms with Crippen molar-refractivity contribution in [3.63, 3.8) is 0 Å². The summed E-state index contributed by atoms with van der Waals surface area (Å²) in [6, 6.07) is 16.0. The number of Topliss-reactive ketones (excluding diaryl/α,β-unsaturated/α-hetero) is 1. The largest absolute Gasteiger partial charge is 0.469 e. The molecule has 0 aliphatic rings. The van der Waals surface area contributed by atoms with Gasteiger partial charge in [0.15, 0.2) is 16.8 Å². The number of thioether (sulfide) groups is 1. The molecule has 0 radical (unpaired) electrons. The fraction of sp³-hybridized carbons (Fsp3) is 0.227. The molecule has 0 aliphatic heterocycles. The van der Waals surface area contributed by atoms with Crippen LogP contribution in [0.15, 0.2) is 64.4 Å². The van der Waals surface area contributed by atoms with E-state index in [0.717, 1.165) is 39.2 Å². The lowest BCUT2D eigenvalue weighted by Crippen LogP contribution is -2.06. The average Bonchev–Trinajstić information content (AvgIpc) is 3.47. The third-order valence-electron chi connectivity index (χ3n) is 4.62. The summed E-state index contributed by atoms with van der Waals surface area (Å²) < 4.78 is 7.51. The van der Waals surface area contributed by atoms with Gasteiger partial charge in [0.05, 0.1) is 29.0 Å². The van der Waals surface area contributed by atoms with Gasteiger partial charge in [-0.3, -0.25) is 9.36 Å². The van der Waals surface area contributed by atoms with Crippen LogP contribution in [0.25, 0.3) is 11.4 Å². The highest BCUT2D eigenvalue weighted by atomic mass is 32.2. The van der Waals surface area contributed by atoms with Gasteiger partial charge in [0.2, 0.25) is 0 Å². The average molecular weight is 424 g/mol. The Morgan fingerprint density at radius 1 is 1.14 bits per heavy atom. The summed E-state index contributed by atoms with van der Waals surface area (Å²) in [6.45, 7) is 4.64. The standard InChI is InChI=1S/C22H21N3O2S2/c1-3-17-9-10-20(29-17)19(26)14-28-22-24-23-21(18-11-12-27-15(18)2)25(22)13-16-7-5-4-6-8-16/h4-12H,3,13-14H2,1-2H3. The Bertz CT molecular complexity index is 1110. The van der Waals surface area contributed by atoms with Crippen LogP contribution in [0, 0.1) is 6.92 Å². The second-order valence-corrected chi connectivity index (χ2v) is 8.71. The minimum Gasteiger partial charge on any atom is -0.469 e. The van der Waals surface area contributed by atoms with Gasteiger partial charge in [0, 0.05) is 4.88 Å². The van der Waals surface area contributed by atoms with E-state index in [9.17, 15) is 4.79 Å². The van der Waals surface area contributed by atoms with E-state index in [1.54, 1.807) is 17.6 Å². The highest BCUT2D eigenvalue weighted by molar-refractivity contribution is 7.99. The molecule has 0 N–H and O–H groups in total. The number of carbonyl (C=O) groups excluding carboxylic acids is 1. The van der Waals surface area contributed by atoms with E-state index in [-0.39, 0.29) is 5.78 Å². The number of carbonyl (C=O) groups is 1. The van der Waals surface area contributed by atoms with E-state index in [4.69, 9.17) is 4.42 Å². The first-order chi connectivity index (χ1) is 14.2. The van der Waals surface area contributed by atoms with Crippen molar-refractivity contribution in [3.05, 3.63) is 75.9 Å². The SMILES string of the molecule is CCc1ccc(C(=O)CSc2nnc(-c3ccoc3C)n2Cc2ccccc2)s1. The predicted molar refractivity (Wildman–Crippen MR) is 117 cm³/mol. The molecule has 3 aromatic heterocycles. The van der Waals surface area contributed by atoms with Crippen LogP contribution in [0.4, 0.5) is 0 Å². The lowest BCUT2D eigenvalue weighted by Gasteiger charge is -2.10. The quantitative estimate of drug-likeness (QED) is 0.277. The van der Waals surface area contributed by atoms with Gasteiger partial charge < -0.3 is 4.42 Å². The maximum Gasteiger partial charge on any atom is 0.192 e. The molecule has 0 amide bonds. The molecule has 0 fully saturated rings. The van der Waals surface area contributed by atoms with Crippen LogP contribution in [-0.4, -0.2) is 26.3 Å². The van der Waals surface area contributed by atoms with Crippen LogP contribution < -0.4 is 0 Å². The molecule has 5 nitrogen and oxygen atoms in total. The highest BCUT2D eigenvalue weighted by Gasteiger charge is 2.19. The van der Waals surface area contributed by atoms with Crippen molar-refractivity contribution in [2.45, 2.75) is 32.0 Å². The summed E-state index contributed by atoms with van der Waals surface area (Å²) >= 11 is 3.00. The Labute approximate surface area is 177 Å². The van der Waals surface area contributed by atoms with E-state index in [1.165, 1.54) is 16.6 Å². The molecule has 148 valence electrons. The van der Waals surface area contributed by atoms with Crippen molar-refractivity contribution in [2.75, 3.05) is 5.75 Å². The van der Waals surface area contributed by atoms with Gasteiger partial charge in [-0.25, -0.2) is 0 Å². The summed E-state index contributed by atoms with van der Waals surface area (Å²) in [7, 11) is 0. The van der Waals surface area contributed by atoms with Crippen LogP contribution >= 0.6 is 23.1 Å². The first-order valence-electron chi connectivity index (χ1n) is 9.42. The first-order valence-corrected chi connectivity index (χ1v) is 11.2. The number of benzene rings is 1. The lowest BCUT2D eigenvalue weighted by atomic mass is 10.2. The molecular formula is C22H21N3O2S2. The van der Waals surface area contributed by atoms with Crippen molar-refractivity contribution < 1.29 is 9.21 Å². The Morgan fingerprint density at radius 2 is 1.97 bits per heavy atom. The smallest absolute Gasteiger partial charge is 0.192 e. The zero-order valence-electron chi connectivity index (χ0n) is 16.3. The highest BCUT2D eigenvalue weighted by Crippen LogP contribution is 2.29. The van der Waals surface area contributed by atoms with Crippen molar-refractivity contribution in [1.82, 2.24) is 14.8 Å². The topological polar surface area (TPSA) is 60.9 Å². The number of rotatable bonds is 8. The first kappa shape index (κ1) is 19.7. The third kappa shape index (κ3) is 4.36. The van der Waals surface area contributed by atoms with Crippen molar-refractivity contribution in [1.29, 1.82) is 0 Å². The van der Waals surface area contributed by atoms with Gasteiger partial charge in [-0.2, -0.15) is 0 Å². The molecule has 29 heavy (non-hydrogen) atoms. The van der Waals surface area contributed by atoms with E-state index >= 15 is 0 Å².